The monoisotopic (exact) mass is 332 g/mol. The van der Waals surface area contributed by atoms with Crippen molar-refractivity contribution in [2.75, 3.05) is 44.2 Å². The second-order valence-electron chi connectivity index (χ2n) is 6.79. The van der Waals surface area contributed by atoms with Crippen LogP contribution in [0.2, 0.25) is 0 Å². The molecule has 2 aliphatic rings. The van der Waals surface area contributed by atoms with Gasteiger partial charge < -0.3 is 15.3 Å². The van der Waals surface area contributed by atoms with Crippen LogP contribution < -0.4 is 10.2 Å². The highest BCUT2D eigenvalue weighted by atomic mass is 16.3. The third kappa shape index (κ3) is 4.92. The summed E-state index contributed by atoms with van der Waals surface area (Å²) in [7, 11) is 0. The lowest BCUT2D eigenvalue weighted by atomic mass is 10.1. The highest BCUT2D eigenvalue weighted by Gasteiger charge is 2.31. The van der Waals surface area contributed by atoms with Gasteiger partial charge in [-0.25, -0.2) is 4.98 Å². The SMILES string of the molecule is O=C(CCN1CCN(c2ccccn2)CC1)NC(CCO)C1CC1. The van der Waals surface area contributed by atoms with Crippen LogP contribution in [0, 0.1) is 5.92 Å². The highest BCUT2D eigenvalue weighted by Crippen LogP contribution is 2.33. The first-order valence-corrected chi connectivity index (χ1v) is 9.05. The van der Waals surface area contributed by atoms with Gasteiger partial charge in [-0.05, 0) is 37.3 Å². The van der Waals surface area contributed by atoms with Crippen LogP contribution in [0.5, 0.6) is 0 Å². The molecule has 0 radical (unpaired) electrons. The summed E-state index contributed by atoms with van der Waals surface area (Å²) in [5.41, 5.74) is 0. The lowest BCUT2D eigenvalue weighted by Gasteiger charge is -2.35. The Bertz CT molecular complexity index is 513. The van der Waals surface area contributed by atoms with Crippen molar-refractivity contribution in [2.45, 2.75) is 31.7 Å². The van der Waals surface area contributed by atoms with Gasteiger partial charge in [-0.2, -0.15) is 0 Å². The summed E-state index contributed by atoms with van der Waals surface area (Å²) < 4.78 is 0. The number of aromatic nitrogens is 1. The maximum atomic E-state index is 12.1. The topological polar surface area (TPSA) is 68.7 Å². The lowest BCUT2D eigenvalue weighted by molar-refractivity contribution is -0.122. The van der Waals surface area contributed by atoms with Crippen molar-refractivity contribution in [1.82, 2.24) is 15.2 Å². The lowest BCUT2D eigenvalue weighted by Crippen LogP contribution is -2.48. The molecule has 1 unspecified atom stereocenters. The van der Waals surface area contributed by atoms with Gasteiger partial charge in [-0.3, -0.25) is 9.69 Å². The van der Waals surface area contributed by atoms with Crippen molar-refractivity contribution in [3.05, 3.63) is 24.4 Å². The Morgan fingerprint density at radius 2 is 2.08 bits per heavy atom. The number of rotatable bonds is 8. The Hall–Kier alpha value is -1.66. The van der Waals surface area contributed by atoms with Gasteiger partial charge in [0.15, 0.2) is 0 Å². The first kappa shape index (κ1) is 17.2. The molecular weight excluding hydrogens is 304 g/mol. The van der Waals surface area contributed by atoms with E-state index in [1.54, 1.807) is 0 Å². The molecule has 6 heteroatoms. The van der Waals surface area contributed by atoms with Gasteiger partial charge in [-0.1, -0.05) is 6.07 Å². The van der Waals surface area contributed by atoms with Gasteiger partial charge in [0.2, 0.25) is 5.91 Å². The Labute approximate surface area is 143 Å². The molecule has 1 aromatic heterocycles. The average molecular weight is 332 g/mol. The predicted molar refractivity (Wildman–Crippen MR) is 93.9 cm³/mol. The van der Waals surface area contributed by atoms with Crippen LogP contribution in [0.4, 0.5) is 5.82 Å². The van der Waals surface area contributed by atoms with Crippen molar-refractivity contribution in [1.29, 1.82) is 0 Å². The first-order chi connectivity index (χ1) is 11.8. The van der Waals surface area contributed by atoms with E-state index >= 15 is 0 Å². The van der Waals surface area contributed by atoms with E-state index in [0.29, 0.717) is 18.8 Å². The third-order valence-electron chi connectivity index (χ3n) is 4.98. The minimum Gasteiger partial charge on any atom is -0.396 e. The fraction of sp³-hybridized carbons (Fsp3) is 0.667. The minimum atomic E-state index is 0.118. The van der Waals surface area contributed by atoms with Crippen LogP contribution >= 0.6 is 0 Å². The number of carbonyl (C=O) groups excluding carboxylic acids is 1. The number of pyridine rings is 1. The zero-order chi connectivity index (χ0) is 16.8. The maximum Gasteiger partial charge on any atom is 0.221 e. The Morgan fingerprint density at radius 3 is 2.71 bits per heavy atom. The fourth-order valence-electron chi connectivity index (χ4n) is 3.34. The fourth-order valence-corrected chi connectivity index (χ4v) is 3.34. The second kappa shape index (κ2) is 8.44. The predicted octanol–water partition coefficient (Wildman–Crippen LogP) is 0.871. The van der Waals surface area contributed by atoms with Crippen LogP contribution in [0.25, 0.3) is 0 Å². The molecule has 1 amide bonds. The summed E-state index contributed by atoms with van der Waals surface area (Å²) >= 11 is 0. The number of aliphatic hydroxyl groups excluding tert-OH is 1. The van der Waals surface area contributed by atoms with Crippen molar-refractivity contribution < 1.29 is 9.90 Å². The molecule has 24 heavy (non-hydrogen) atoms. The summed E-state index contributed by atoms with van der Waals surface area (Å²) in [5, 5.41) is 12.2. The number of piperazine rings is 1. The van der Waals surface area contributed by atoms with E-state index in [1.165, 1.54) is 12.8 Å². The Balaban J connectivity index is 1.36. The van der Waals surface area contributed by atoms with Crippen molar-refractivity contribution in [3.8, 4) is 0 Å². The molecule has 0 aromatic carbocycles. The molecular formula is C18H28N4O2. The van der Waals surface area contributed by atoms with E-state index in [9.17, 15) is 4.79 Å². The van der Waals surface area contributed by atoms with Gasteiger partial charge in [0.05, 0.1) is 0 Å². The quantitative estimate of drug-likeness (QED) is 0.739. The van der Waals surface area contributed by atoms with E-state index in [1.807, 2.05) is 24.4 Å². The molecule has 2 fully saturated rings. The summed E-state index contributed by atoms with van der Waals surface area (Å²) in [5.74, 6) is 1.74. The van der Waals surface area contributed by atoms with E-state index in [4.69, 9.17) is 5.11 Å². The van der Waals surface area contributed by atoms with Gasteiger partial charge in [0, 0.05) is 58.0 Å². The van der Waals surface area contributed by atoms with Crippen LogP contribution in [-0.2, 0) is 4.79 Å². The molecule has 1 aromatic rings. The maximum absolute atomic E-state index is 12.1. The number of aliphatic hydroxyl groups is 1. The van der Waals surface area contributed by atoms with Gasteiger partial charge in [0.1, 0.15) is 5.82 Å². The van der Waals surface area contributed by atoms with Crippen molar-refractivity contribution >= 4 is 11.7 Å². The smallest absolute Gasteiger partial charge is 0.221 e. The van der Waals surface area contributed by atoms with Crippen molar-refractivity contribution in [2.24, 2.45) is 5.92 Å². The zero-order valence-corrected chi connectivity index (χ0v) is 14.2. The number of nitrogens with zero attached hydrogens (tertiary/aromatic N) is 3. The number of anilines is 1. The van der Waals surface area contributed by atoms with Crippen LogP contribution in [0.3, 0.4) is 0 Å². The third-order valence-corrected chi connectivity index (χ3v) is 4.98. The molecule has 1 saturated heterocycles. The van der Waals surface area contributed by atoms with Crippen LogP contribution in [0.1, 0.15) is 25.7 Å². The summed E-state index contributed by atoms with van der Waals surface area (Å²) in [6.45, 7) is 4.79. The average Bonchev–Trinajstić information content (AvgIpc) is 3.46. The molecule has 2 heterocycles. The van der Waals surface area contributed by atoms with E-state index < -0.39 is 0 Å². The van der Waals surface area contributed by atoms with Crippen LogP contribution in [0.15, 0.2) is 24.4 Å². The molecule has 3 rings (SSSR count). The van der Waals surface area contributed by atoms with Gasteiger partial charge in [0.25, 0.3) is 0 Å². The molecule has 2 N–H and O–H groups in total. The normalized spacial score (nSPS) is 20.0. The standard InChI is InChI=1S/C18H28N4O2/c23-14-7-16(15-4-5-15)20-18(24)6-9-21-10-12-22(13-11-21)17-3-1-2-8-19-17/h1-3,8,15-16,23H,4-7,9-14H2,(H,20,24). The highest BCUT2D eigenvalue weighted by molar-refractivity contribution is 5.76. The summed E-state index contributed by atoms with van der Waals surface area (Å²) in [6.07, 6.45) is 5.41. The number of hydrogen-bond acceptors (Lipinski definition) is 5. The minimum absolute atomic E-state index is 0.118. The molecule has 6 nitrogen and oxygen atoms in total. The summed E-state index contributed by atoms with van der Waals surface area (Å²) in [4.78, 5) is 21.2. The first-order valence-electron chi connectivity index (χ1n) is 9.05. The summed E-state index contributed by atoms with van der Waals surface area (Å²) in [6, 6.07) is 6.16. The molecule has 1 atom stereocenters. The Kier molecular flexibility index (Phi) is 6.04. The Morgan fingerprint density at radius 1 is 1.29 bits per heavy atom. The molecule has 1 saturated carbocycles. The molecule has 1 aliphatic carbocycles. The van der Waals surface area contributed by atoms with Crippen molar-refractivity contribution in [3.63, 3.8) is 0 Å². The molecule has 1 aliphatic heterocycles. The number of hydrogen-bond donors (Lipinski definition) is 2. The zero-order valence-electron chi connectivity index (χ0n) is 14.2. The second-order valence-corrected chi connectivity index (χ2v) is 6.79. The molecule has 132 valence electrons. The van der Waals surface area contributed by atoms with E-state index in [-0.39, 0.29) is 18.6 Å². The number of nitrogens with one attached hydrogen (secondary N) is 1. The number of amides is 1. The molecule has 0 bridgehead atoms. The largest absolute Gasteiger partial charge is 0.396 e. The number of carbonyl (C=O) groups is 1. The van der Waals surface area contributed by atoms with Crippen LogP contribution in [-0.4, -0.2) is 66.3 Å². The van der Waals surface area contributed by atoms with Gasteiger partial charge in [-0.15, -0.1) is 0 Å². The molecule has 0 spiro atoms. The van der Waals surface area contributed by atoms with E-state index in [2.05, 4.69) is 20.1 Å². The van der Waals surface area contributed by atoms with Gasteiger partial charge >= 0.3 is 0 Å². The van der Waals surface area contributed by atoms with E-state index in [0.717, 1.165) is 38.5 Å².